The molecule has 1 aliphatic heterocycles. The molecule has 0 saturated carbocycles. The Balaban J connectivity index is 1.63. The zero-order valence-electron chi connectivity index (χ0n) is 17.4. The number of rotatable bonds is 4. The largest absolute Gasteiger partial charge is 0.359 e. The predicted molar refractivity (Wildman–Crippen MR) is 127 cm³/mol. The zero-order valence-corrected chi connectivity index (χ0v) is 18.1. The Morgan fingerprint density at radius 2 is 1.79 bits per heavy atom. The summed E-state index contributed by atoms with van der Waals surface area (Å²) in [5.41, 5.74) is 1.92. The van der Waals surface area contributed by atoms with Crippen LogP contribution >= 0.6 is 11.6 Å². The van der Waals surface area contributed by atoms with Gasteiger partial charge in [0.15, 0.2) is 17.7 Å². The van der Waals surface area contributed by atoms with Crippen LogP contribution in [0.5, 0.6) is 0 Å². The molecule has 0 fully saturated rings. The summed E-state index contributed by atoms with van der Waals surface area (Å²) in [7, 11) is 0. The van der Waals surface area contributed by atoms with E-state index in [2.05, 4.69) is 15.4 Å². The van der Waals surface area contributed by atoms with E-state index in [0.717, 1.165) is 0 Å². The summed E-state index contributed by atoms with van der Waals surface area (Å²) in [6, 6.07) is 18.6. The molecule has 0 aliphatic carbocycles. The summed E-state index contributed by atoms with van der Waals surface area (Å²) in [6.07, 6.45) is 0.937. The lowest BCUT2D eigenvalue weighted by Crippen LogP contribution is -2.31. The lowest BCUT2D eigenvalue weighted by atomic mass is 10.1. The van der Waals surface area contributed by atoms with E-state index in [-0.39, 0.29) is 11.4 Å². The van der Waals surface area contributed by atoms with Gasteiger partial charge in [-0.05, 0) is 60.2 Å². The van der Waals surface area contributed by atoms with E-state index in [9.17, 15) is 19.3 Å². The van der Waals surface area contributed by atoms with E-state index < -0.39 is 22.5 Å². The van der Waals surface area contributed by atoms with Crippen LogP contribution in [0.4, 0.5) is 15.8 Å². The molecule has 0 saturated heterocycles. The predicted octanol–water partition coefficient (Wildman–Crippen LogP) is 5.22. The zero-order chi connectivity index (χ0) is 23.8. The number of benzene rings is 3. The van der Waals surface area contributed by atoms with E-state index in [1.807, 2.05) is 24.3 Å². The minimum absolute atomic E-state index is 0.0320. The highest BCUT2D eigenvalue weighted by Crippen LogP contribution is 2.38. The first-order valence-corrected chi connectivity index (χ1v) is 10.5. The third-order valence-electron chi connectivity index (χ3n) is 5.33. The monoisotopic (exact) mass is 475 g/mol. The first-order valence-electron chi connectivity index (χ1n) is 10.1. The van der Waals surface area contributed by atoms with Crippen LogP contribution in [0.15, 0.2) is 82.6 Å². The molecule has 4 aromatic rings. The van der Waals surface area contributed by atoms with Crippen molar-refractivity contribution in [2.75, 3.05) is 5.32 Å². The quantitative estimate of drug-likeness (QED) is 0.320. The van der Waals surface area contributed by atoms with E-state index in [1.165, 1.54) is 41.1 Å². The molecule has 8 nitrogen and oxygen atoms in total. The smallest absolute Gasteiger partial charge is 0.300 e. The number of aromatic nitrogens is 3. The van der Waals surface area contributed by atoms with E-state index in [0.29, 0.717) is 33.2 Å². The molecule has 168 valence electrons. The number of anilines is 1. The molecule has 1 N–H and O–H groups in total. The van der Waals surface area contributed by atoms with E-state index >= 15 is 0 Å². The van der Waals surface area contributed by atoms with Crippen LogP contribution < -0.4 is 10.9 Å². The maximum absolute atomic E-state index is 13.4. The molecule has 3 aromatic carbocycles. The number of para-hydroxylation sites is 1. The number of nitro benzene ring substituents is 1. The van der Waals surface area contributed by atoms with Gasteiger partial charge in [-0.1, -0.05) is 23.7 Å². The fourth-order valence-corrected chi connectivity index (χ4v) is 3.95. The van der Waals surface area contributed by atoms with Gasteiger partial charge >= 0.3 is 0 Å². The second-order valence-corrected chi connectivity index (χ2v) is 7.95. The highest BCUT2D eigenvalue weighted by atomic mass is 35.5. The number of hydrogen-bond acceptors (Lipinski definition) is 6. The van der Waals surface area contributed by atoms with Gasteiger partial charge < -0.3 is 5.32 Å². The van der Waals surface area contributed by atoms with Crippen LogP contribution in [0.2, 0.25) is 0 Å². The van der Waals surface area contributed by atoms with E-state index in [1.54, 1.807) is 18.2 Å². The Kier molecular flexibility index (Phi) is 5.39. The van der Waals surface area contributed by atoms with Crippen molar-refractivity contribution in [1.29, 1.82) is 0 Å². The summed E-state index contributed by atoms with van der Waals surface area (Å²) < 4.78 is 14.9. The van der Waals surface area contributed by atoms with Gasteiger partial charge in [-0.2, -0.15) is 10.1 Å². The number of halogens is 2. The summed E-state index contributed by atoms with van der Waals surface area (Å²) >= 11 is 6.70. The second-order valence-electron chi connectivity index (χ2n) is 7.51. The molecule has 5 rings (SSSR count). The van der Waals surface area contributed by atoms with Crippen LogP contribution in [-0.4, -0.2) is 19.7 Å². The van der Waals surface area contributed by atoms with Gasteiger partial charge in [0, 0.05) is 28.9 Å². The Hall–Kier alpha value is -4.37. The van der Waals surface area contributed by atoms with Crippen molar-refractivity contribution in [2.45, 2.75) is 6.17 Å². The van der Waals surface area contributed by atoms with Crippen molar-refractivity contribution in [3.05, 3.63) is 110 Å². The van der Waals surface area contributed by atoms with Gasteiger partial charge in [-0.3, -0.25) is 14.9 Å². The summed E-state index contributed by atoms with van der Waals surface area (Å²) in [5, 5.41) is 19.1. The highest BCUT2D eigenvalue weighted by molar-refractivity contribution is 6.32. The first kappa shape index (κ1) is 21.5. The third-order valence-corrected chi connectivity index (χ3v) is 5.64. The molecule has 0 amide bonds. The molecular formula is C24H15ClFN5O3. The molecule has 10 heteroatoms. The van der Waals surface area contributed by atoms with Crippen molar-refractivity contribution in [3.8, 4) is 22.6 Å². The fourth-order valence-electron chi connectivity index (χ4n) is 3.68. The normalized spacial score (nSPS) is 14.6. The number of non-ortho nitro benzene ring substituents is 1. The SMILES string of the molecule is O=c1nc2n(nc1-c1ccc(F)cc1)C(C(Cl)=Cc1ccc([N+](=O)[O-])cc1)Nc1ccccc1-2. The molecule has 1 unspecified atom stereocenters. The Bertz CT molecular complexity index is 1500. The van der Waals surface area contributed by atoms with Crippen LogP contribution in [0.3, 0.4) is 0 Å². The van der Waals surface area contributed by atoms with Gasteiger partial charge in [0.05, 0.1) is 9.96 Å². The third kappa shape index (κ3) is 3.93. The van der Waals surface area contributed by atoms with Crippen LogP contribution in [0, 0.1) is 15.9 Å². The molecule has 2 heterocycles. The lowest BCUT2D eigenvalue weighted by Gasteiger charge is -2.30. The molecule has 0 bridgehead atoms. The fraction of sp³-hybridized carbons (Fsp3) is 0.0417. The molecular weight excluding hydrogens is 461 g/mol. The number of nitrogens with one attached hydrogen (secondary N) is 1. The summed E-state index contributed by atoms with van der Waals surface area (Å²) in [5.74, 6) is -0.109. The molecule has 1 atom stereocenters. The second kappa shape index (κ2) is 8.53. The maximum atomic E-state index is 13.4. The molecule has 1 aliphatic rings. The maximum Gasteiger partial charge on any atom is 0.300 e. The van der Waals surface area contributed by atoms with Crippen molar-refractivity contribution in [1.82, 2.24) is 14.8 Å². The van der Waals surface area contributed by atoms with Crippen LogP contribution in [0.25, 0.3) is 28.7 Å². The highest BCUT2D eigenvalue weighted by Gasteiger charge is 2.28. The van der Waals surface area contributed by atoms with Crippen molar-refractivity contribution in [3.63, 3.8) is 0 Å². The lowest BCUT2D eigenvalue weighted by molar-refractivity contribution is -0.384. The number of hydrogen-bond donors (Lipinski definition) is 1. The topological polar surface area (TPSA) is 103 Å². The van der Waals surface area contributed by atoms with Crippen LogP contribution in [-0.2, 0) is 0 Å². The Morgan fingerprint density at radius 1 is 1.09 bits per heavy atom. The average Bonchev–Trinajstić information content (AvgIpc) is 2.84. The van der Waals surface area contributed by atoms with Gasteiger partial charge in [0.2, 0.25) is 0 Å². The van der Waals surface area contributed by atoms with Gasteiger partial charge in [0.25, 0.3) is 11.2 Å². The standard InChI is InChI=1S/C24H15ClFN5O3/c25-19(13-14-5-11-17(12-6-14)31(33)34)23-27-20-4-2-1-3-18(20)22-28-24(32)21(29-30(22)23)15-7-9-16(26)10-8-15/h1-13,23,27H. The van der Waals surface area contributed by atoms with Crippen molar-refractivity contribution < 1.29 is 9.31 Å². The molecule has 1 aromatic heterocycles. The van der Waals surface area contributed by atoms with E-state index in [4.69, 9.17) is 11.6 Å². The molecule has 0 radical (unpaired) electrons. The molecule has 34 heavy (non-hydrogen) atoms. The number of fused-ring (bicyclic) bond motifs is 3. The van der Waals surface area contributed by atoms with Gasteiger partial charge in [-0.25, -0.2) is 9.07 Å². The molecule has 0 spiro atoms. The van der Waals surface area contributed by atoms with Gasteiger partial charge in [-0.15, -0.1) is 0 Å². The summed E-state index contributed by atoms with van der Waals surface area (Å²) in [6.45, 7) is 0. The Morgan fingerprint density at radius 3 is 2.50 bits per heavy atom. The number of nitro groups is 1. The average molecular weight is 476 g/mol. The van der Waals surface area contributed by atoms with Crippen molar-refractivity contribution in [2.24, 2.45) is 0 Å². The number of nitrogens with zero attached hydrogens (tertiary/aromatic N) is 4. The van der Waals surface area contributed by atoms with Gasteiger partial charge in [0.1, 0.15) is 5.82 Å². The first-order chi connectivity index (χ1) is 16.4. The van der Waals surface area contributed by atoms with Crippen molar-refractivity contribution >= 4 is 29.1 Å². The van der Waals surface area contributed by atoms with Crippen LogP contribution in [0.1, 0.15) is 11.7 Å². The minimum Gasteiger partial charge on any atom is -0.359 e. The minimum atomic E-state index is -0.714. The summed E-state index contributed by atoms with van der Waals surface area (Å²) in [4.78, 5) is 27.6. The Labute approximate surface area is 197 Å².